The van der Waals surface area contributed by atoms with Gasteiger partial charge in [0.15, 0.2) is 11.5 Å². The van der Waals surface area contributed by atoms with Gasteiger partial charge < -0.3 is 9.47 Å². The van der Waals surface area contributed by atoms with Gasteiger partial charge in [0.25, 0.3) is 12.9 Å². The molecule has 3 nitrogen and oxygen atoms in total. The van der Waals surface area contributed by atoms with Gasteiger partial charge in [-0.15, -0.1) is 0 Å². The first-order valence-corrected chi connectivity index (χ1v) is 4.94. The van der Waals surface area contributed by atoms with Crippen LogP contribution >= 0.6 is 0 Å². The topological polar surface area (TPSA) is 35.5 Å². The van der Waals surface area contributed by atoms with E-state index in [4.69, 9.17) is 9.47 Å². The average molecular weight is 266 g/mol. The molecule has 0 atom stereocenters. The summed E-state index contributed by atoms with van der Waals surface area (Å²) in [7, 11) is 0. The van der Waals surface area contributed by atoms with Gasteiger partial charge in [0.05, 0.1) is 0 Å². The summed E-state index contributed by atoms with van der Waals surface area (Å²) in [6.07, 6.45) is -4.93. The summed E-state index contributed by atoms with van der Waals surface area (Å²) in [6.45, 7) is -1.79. The van der Waals surface area contributed by atoms with E-state index >= 15 is 0 Å². The fraction of sp³-hybridized carbons (Fsp3) is 0.364. The Kier molecular flexibility index (Phi) is 5.41. The van der Waals surface area contributed by atoms with Gasteiger partial charge in [0.2, 0.25) is 0 Å². The lowest BCUT2D eigenvalue weighted by Crippen LogP contribution is -2.11. The van der Waals surface area contributed by atoms with E-state index in [0.717, 1.165) is 6.07 Å². The molecule has 0 aromatic heterocycles. The van der Waals surface area contributed by atoms with Crippen LogP contribution in [0.4, 0.5) is 17.6 Å². The summed E-state index contributed by atoms with van der Waals surface area (Å²) < 4.78 is 57.3. The molecule has 0 radical (unpaired) electrons. The molecule has 0 spiro atoms. The maximum Gasteiger partial charge on any atom is 0.272 e. The standard InChI is InChI=1S/C11H10F4O3/c12-10(13)5-17-8-2-1-7(4-16)3-9(8)18-6-11(14)15/h1-4,10-11H,5-6H2. The van der Waals surface area contributed by atoms with Crippen LogP contribution in [0.3, 0.4) is 0 Å². The molecule has 0 fully saturated rings. The van der Waals surface area contributed by atoms with E-state index < -0.39 is 26.1 Å². The van der Waals surface area contributed by atoms with E-state index in [1.807, 2.05) is 0 Å². The van der Waals surface area contributed by atoms with Crippen molar-refractivity contribution >= 4 is 6.29 Å². The molecular formula is C11H10F4O3. The Hall–Kier alpha value is -1.79. The smallest absolute Gasteiger partial charge is 0.272 e. The number of hydrogen-bond donors (Lipinski definition) is 0. The first kappa shape index (κ1) is 14.3. The van der Waals surface area contributed by atoms with Gasteiger partial charge in [-0.25, -0.2) is 17.6 Å². The van der Waals surface area contributed by atoms with Crippen molar-refractivity contribution in [2.24, 2.45) is 0 Å². The molecule has 0 N–H and O–H groups in total. The second-order valence-electron chi connectivity index (χ2n) is 3.23. The van der Waals surface area contributed by atoms with Gasteiger partial charge in [0.1, 0.15) is 19.5 Å². The number of carbonyl (C=O) groups is 1. The minimum atomic E-state index is -2.71. The number of hydrogen-bond acceptors (Lipinski definition) is 3. The van der Waals surface area contributed by atoms with Crippen LogP contribution in [-0.4, -0.2) is 32.4 Å². The van der Waals surface area contributed by atoms with Crippen LogP contribution in [0.2, 0.25) is 0 Å². The number of benzene rings is 1. The average Bonchev–Trinajstić information content (AvgIpc) is 2.34. The quantitative estimate of drug-likeness (QED) is 0.562. The number of rotatable bonds is 7. The first-order valence-electron chi connectivity index (χ1n) is 4.94. The number of halogens is 4. The van der Waals surface area contributed by atoms with Crippen molar-refractivity contribution in [2.45, 2.75) is 12.9 Å². The summed E-state index contributed by atoms with van der Waals surface area (Å²) in [4.78, 5) is 10.5. The molecule has 1 aromatic rings. The molecule has 0 amide bonds. The lowest BCUT2D eigenvalue weighted by Gasteiger charge is -2.12. The molecule has 0 unspecified atom stereocenters. The van der Waals surface area contributed by atoms with Crippen LogP contribution < -0.4 is 9.47 Å². The van der Waals surface area contributed by atoms with E-state index in [2.05, 4.69) is 0 Å². The molecule has 100 valence electrons. The van der Waals surface area contributed by atoms with Crippen LogP contribution in [0.1, 0.15) is 10.4 Å². The number of carbonyl (C=O) groups excluding carboxylic acids is 1. The lowest BCUT2D eigenvalue weighted by atomic mass is 10.2. The fourth-order valence-corrected chi connectivity index (χ4v) is 1.14. The van der Waals surface area contributed by atoms with E-state index in [1.54, 1.807) is 0 Å². The molecule has 0 bridgehead atoms. The highest BCUT2D eigenvalue weighted by atomic mass is 19.3. The van der Waals surface area contributed by atoms with Crippen molar-refractivity contribution < 1.29 is 31.8 Å². The summed E-state index contributed by atoms with van der Waals surface area (Å²) in [5, 5.41) is 0. The van der Waals surface area contributed by atoms with Crippen molar-refractivity contribution in [1.82, 2.24) is 0 Å². The van der Waals surface area contributed by atoms with Gasteiger partial charge in [-0.05, 0) is 18.2 Å². The predicted molar refractivity (Wildman–Crippen MR) is 54.8 cm³/mol. The maximum absolute atomic E-state index is 12.0. The number of aldehydes is 1. The molecule has 1 rings (SSSR count). The minimum absolute atomic E-state index is 0.110. The molecule has 7 heteroatoms. The Morgan fingerprint density at radius 3 is 2.06 bits per heavy atom. The van der Waals surface area contributed by atoms with Crippen LogP contribution in [0, 0.1) is 0 Å². The van der Waals surface area contributed by atoms with Gasteiger partial charge >= 0.3 is 0 Å². The summed E-state index contributed by atoms with van der Waals surface area (Å²) in [5.41, 5.74) is 0.170. The monoisotopic (exact) mass is 266 g/mol. The normalized spacial score (nSPS) is 10.8. The zero-order chi connectivity index (χ0) is 13.5. The van der Waals surface area contributed by atoms with Crippen LogP contribution in [0.15, 0.2) is 18.2 Å². The molecule has 0 heterocycles. The first-order chi connectivity index (χ1) is 8.52. The fourth-order valence-electron chi connectivity index (χ4n) is 1.14. The highest BCUT2D eigenvalue weighted by Crippen LogP contribution is 2.28. The van der Waals surface area contributed by atoms with Crippen molar-refractivity contribution in [3.8, 4) is 11.5 Å². The third-order valence-corrected chi connectivity index (χ3v) is 1.83. The van der Waals surface area contributed by atoms with Crippen LogP contribution in [0.5, 0.6) is 11.5 Å². The molecule has 18 heavy (non-hydrogen) atoms. The van der Waals surface area contributed by atoms with Crippen molar-refractivity contribution in [2.75, 3.05) is 13.2 Å². The highest BCUT2D eigenvalue weighted by Gasteiger charge is 2.12. The predicted octanol–water partition coefficient (Wildman–Crippen LogP) is 2.79. The van der Waals surface area contributed by atoms with E-state index in [1.165, 1.54) is 12.1 Å². The molecule has 0 aliphatic carbocycles. The zero-order valence-corrected chi connectivity index (χ0v) is 9.11. The minimum Gasteiger partial charge on any atom is -0.484 e. The Labute approximate surface area is 100 Å². The largest absolute Gasteiger partial charge is 0.484 e. The second-order valence-corrected chi connectivity index (χ2v) is 3.23. The Bertz CT molecular complexity index is 396. The van der Waals surface area contributed by atoms with Crippen LogP contribution in [0.25, 0.3) is 0 Å². The third-order valence-electron chi connectivity index (χ3n) is 1.83. The van der Waals surface area contributed by atoms with E-state index in [9.17, 15) is 22.4 Å². The molecular weight excluding hydrogens is 256 g/mol. The van der Waals surface area contributed by atoms with Crippen molar-refractivity contribution in [1.29, 1.82) is 0 Å². The van der Waals surface area contributed by atoms with Crippen LogP contribution in [-0.2, 0) is 0 Å². The van der Waals surface area contributed by atoms with E-state index in [0.29, 0.717) is 6.29 Å². The summed E-state index contributed by atoms with van der Waals surface area (Å²) >= 11 is 0. The molecule has 0 aliphatic heterocycles. The van der Waals surface area contributed by atoms with Gasteiger partial charge in [-0.2, -0.15) is 0 Å². The maximum atomic E-state index is 12.0. The van der Waals surface area contributed by atoms with Crippen molar-refractivity contribution in [3.63, 3.8) is 0 Å². The third kappa shape index (κ3) is 4.60. The number of alkyl halides is 4. The highest BCUT2D eigenvalue weighted by molar-refractivity contribution is 5.76. The van der Waals surface area contributed by atoms with Gasteiger partial charge in [0, 0.05) is 5.56 Å². The molecule has 0 saturated carbocycles. The Morgan fingerprint density at radius 2 is 1.56 bits per heavy atom. The lowest BCUT2D eigenvalue weighted by molar-refractivity contribution is 0.0687. The zero-order valence-electron chi connectivity index (χ0n) is 9.11. The Balaban J connectivity index is 2.82. The molecule has 0 saturated heterocycles. The number of ether oxygens (including phenoxy) is 2. The van der Waals surface area contributed by atoms with Gasteiger partial charge in [-0.1, -0.05) is 0 Å². The molecule has 1 aromatic carbocycles. The Morgan fingerprint density at radius 1 is 1.00 bits per heavy atom. The van der Waals surface area contributed by atoms with Gasteiger partial charge in [-0.3, -0.25) is 4.79 Å². The second kappa shape index (κ2) is 6.83. The summed E-state index contributed by atoms with van der Waals surface area (Å²) in [6, 6.07) is 3.67. The van der Waals surface area contributed by atoms with Crippen molar-refractivity contribution in [3.05, 3.63) is 23.8 Å². The summed E-state index contributed by atoms with van der Waals surface area (Å²) in [5.74, 6) is -0.276. The molecule has 0 aliphatic rings. The SMILES string of the molecule is O=Cc1ccc(OCC(F)F)c(OCC(F)F)c1. The van der Waals surface area contributed by atoms with E-state index in [-0.39, 0.29) is 17.1 Å².